The van der Waals surface area contributed by atoms with Gasteiger partial charge in [-0.1, -0.05) is 36.7 Å². The molecule has 0 aromatic heterocycles. The maximum Gasteiger partial charge on any atom is 0.262 e. The Bertz CT molecular complexity index is 950. The molecule has 1 amide bonds. The number of halogens is 1. The van der Waals surface area contributed by atoms with Gasteiger partial charge in [0.25, 0.3) is 5.91 Å². The Morgan fingerprint density at radius 1 is 1.07 bits per heavy atom. The van der Waals surface area contributed by atoms with E-state index in [-0.39, 0.29) is 23.5 Å². The Balaban J connectivity index is 2.02. The second kappa shape index (κ2) is 10.9. The Morgan fingerprint density at radius 3 is 2.13 bits per heavy atom. The number of ether oxygens (including phenoxy) is 1. The minimum absolute atomic E-state index is 0.144. The molecule has 0 spiro atoms. The maximum absolute atomic E-state index is 12.4. The molecule has 2 aromatic carbocycles. The van der Waals surface area contributed by atoms with Crippen LogP contribution in [-0.4, -0.2) is 27.0 Å². The summed E-state index contributed by atoms with van der Waals surface area (Å²) in [6.45, 7) is 7.64. The van der Waals surface area contributed by atoms with E-state index in [1.54, 1.807) is 12.1 Å². The summed E-state index contributed by atoms with van der Waals surface area (Å²) in [6, 6.07) is 9.90. The molecule has 0 unspecified atom stereocenters. The fourth-order valence-electron chi connectivity index (χ4n) is 2.90. The van der Waals surface area contributed by atoms with Gasteiger partial charge in [-0.3, -0.25) is 4.79 Å². The lowest BCUT2D eigenvalue weighted by Crippen LogP contribution is -2.31. The molecule has 0 aliphatic carbocycles. The van der Waals surface area contributed by atoms with E-state index < -0.39 is 10.0 Å². The van der Waals surface area contributed by atoms with Crippen molar-refractivity contribution >= 4 is 37.5 Å². The van der Waals surface area contributed by atoms with Gasteiger partial charge in [0.1, 0.15) is 5.75 Å². The van der Waals surface area contributed by atoms with Crippen molar-refractivity contribution in [1.82, 2.24) is 4.72 Å². The Labute approximate surface area is 187 Å². The first-order chi connectivity index (χ1) is 14.2. The summed E-state index contributed by atoms with van der Waals surface area (Å²) < 4.78 is 33.8. The summed E-state index contributed by atoms with van der Waals surface area (Å²) in [7, 11) is -3.57. The highest BCUT2D eigenvalue weighted by Crippen LogP contribution is 2.27. The summed E-state index contributed by atoms with van der Waals surface area (Å²) in [4.78, 5) is 12.6. The van der Waals surface area contributed by atoms with Crippen LogP contribution >= 0.6 is 15.9 Å². The number of carbonyl (C=O) groups excluding carboxylic acids is 1. The average Bonchev–Trinajstić information content (AvgIpc) is 2.72. The van der Waals surface area contributed by atoms with Crippen molar-refractivity contribution in [2.75, 3.05) is 11.9 Å². The topological polar surface area (TPSA) is 84.5 Å². The summed E-state index contributed by atoms with van der Waals surface area (Å²) in [5.41, 5.74) is 2.94. The number of carbonyl (C=O) groups is 1. The Morgan fingerprint density at radius 2 is 1.63 bits per heavy atom. The molecule has 2 aromatic rings. The van der Waals surface area contributed by atoms with Gasteiger partial charge < -0.3 is 10.1 Å². The zero-order valence-corrected chi connectivity index (χ0v) is 20.2. The average molecular weight is 497 g/mol. The lowest BCUT2D eigenvalue weighted by Gasteiger charge is -2.16. The van der Waals surface area contributed by atoms with E-state index in [0.717, 1.165) is 34.1 Å². The number of sulfonamides is 1. The van der Waals surface area contributed by atoms with E-state index in [4.69, 9.17) is 4.74 Å². The highest BCUT2D eigenvalue weighted by molar-refractivity contribution is 9.10. The van der Waals surface area contributed by atoms with Crippen LogP contribution < -0.4 is 14.8 Å². The summed E-state index contributed by atoms with van der Waals surface area (Å²) in [5.74, 6) is 0.159. The van der Waals surface area contributed by atoms with Crippen molar-refractivity contribution in [3.8, 4) is 5.75 Å². The number of benzene rings is 2. The zero-order chi connectivity index (χ0) is 22.3. The van der Waals surface area contributed by atoms with E-state index in [1.807, 2.05) is 39.8 Å². The first-order valence-electron chi connectivity index (χ1n) is 10.1. The minimum Gasteiger partial charge on any atom is -0.484 e. The third kappa shape index (κ3) is 6.55. The van der Waals surface area contributed by atoms with Crippen LogP contribution in [0.1, 0.15) is 45.2 Å². The maximum atomic E-state index is 12.4. The molecule has 0 aliphatic heterocycles. The molecule has 6 nitrogen and oxygen atoms in total. The predicted octanol–water partition coefficient (Wildman–Crippen LogP) is 4.67. The molecule has 8 heteroatoms. The van der Waals surface area contributed by atoms with Crippen molar-refractivity contribution in [3.63, 3.8) is 0 Å². The SMILES string of the molecule is CCc1cc(Br)cc(CC)c1NC(=O)COc1ccc(S(=O)(=O)N[C@@H](C)CC)cc1. The van der Waals surface area contributed by atoms with E-state index in [2.05, 4.69) is 26.0 Å². The quantitative estimate of drug-likeness (QED) is 0.500. The van der Waals surface area contributed by atoms with Crippen LogP contribution in [0.2, 0.25) is 0 Å². The number of hydrogen-bond acceptors (Lipinski definition) is 4. The van der Waals surface area contributed by atoms with Crippen molar-refractivity contribution in [2.24, 2.45) is 0 Å². The van der Waals surface area contributed by atoms with Gasteiger partial charge in [0.2, 0.25) is 10.0 Å². The van der Waals surface area contributed by atoms with Gasteiger partial charge in [0.15, 0.2) is 6.61 Å². The standard InChI is InChI=1S/C22H29BrN2O4S/c1-5-15(4)25-30(27,28)20-10-8-19(9-11-20)29-14-21(26)24-22-16(6-2)12-18(23)13-17(22)7-3/h8-13,15,25H,5-7,14H2,1-4H3,(H,24,26)/t15-/m0/s1. The molecular weight excluding hydrogens is 468 g/mol. The van der Waals surface area contributed by atoms with Gasteiger partial charge in [-0.05, 0) is 73.7 Å². The predicted molar refractivity (Wildman–Crippen MR) is 124 cm³/mol. The molecule has 0 saturated carbocycles. The van der Waals surface area contributed by atoms with E-state index in [1.165, 1.54) is 12.1 Å². The van der Waals surface area contributed by atoms with Crippen molar-refractivity contribution in [3.05, 3.63) is 52.0 Å². The first-order valence-corrected chi connectivity index (χ1v) is 12.3. The normalized spacial score (nSPS) is 12.4. The van der Waals surface area contributed by atoms with Crippen LogP contribution in [0.15, 0.2) is 45.8 Å². The molecule has 0 bridgehead atoms. The second-order valence-electron chi connectivity index (χ2n) is 7.04. The molecule has 0 heterocycles. The fourth-order valence-corrected chi connectivity index (χ4v) is 4.78. The number of aryl methyl sites for hydroxylation is 2. The Kier molecular flexibility index (Phi) is 8.88. The van der Waals surface area contributed by atoms with Gasteiger partial charge in [-0.25, -0.2) is 13.1 Å². The summed E-state index contributed by atoms with van der Waals surface area (Å²) in [5, 5.41) is 2.95. The lowest BCUT2D eigenvalue weighted by atomic mass is 10.0. The van der Waals surface area contributed by atoms with Crippen LogP contribution in [0.5, 0.6) is 5.75 Å². The first kappa shape index (κ1) is 24.4. The van der Waals surface area contributed by atoms with Gasteiger partial charge in [-0.15, -0.1) is 0 Å². The smallest absolute Gasteiger partial charge is 0.262 e. The molecule has 0 radical (unpaired) electrons. The van der Waals surface area contributed by atoms with Crippen LogP contribution in [0, 0.1) is 0 Å². The van der Waals surface area contributed by atoms with Crippen LogP contribution in [0.3, 0.4) is 0 Å². The van der Waals surface area contributed by atoms with Crippen LogP contribution in [-0.2, 0) is 27.7 Å². The Hall–Kier alpha value is -1.90. The monoisotopic (exact) mass is 496 g/mol. The highest BCUT2D eigenvalue weighted by atomic mass is 79.9. The molecule has 2 rings (SSSR count). The minimum atomic E-state index is -3.57. The van der Waals surface area contributed by atoms with Gasteiger partial charge >= 0.3 is 0 Å². The molecule has 0 saturated heterocycles. The number of rotatable bonds is 10. The van der Waals surface area contributed by atoms with Crippen LogP contribution in [0.4, 0.5) is 5.69 Å². The van der Waals surface area contributed by atoms with Crippen LogP contribution in [0.25, 0.3) is 0 Å². The fraction of sp³-hybridized carbons (Fsp3) is 0.409. The highest BCUT2D eigenvalue weighted by Gasteiger charge is 2.17. The number of amides is 1. The van der Waals surface area contributed by atoms with Gasteiger partial charge in [0.05, 0.1) is 4.90 Å². The summed E-state index contributed by atoms with van der Waals surface area (Å²) in [6.07, 6.45) is 2.29. The second-order valence-corrected chi connectivity index (χ2v) is 9.67. The van der Waals surface area contributed by atoms with Crippen molar-refractivity contribution in [2.45, 2.75) is 57.9 Å². The van der Waals surface area contributed by atoms with Crippen molar-refractivity contribution < 1.29 is 17.9 Å². The number of hydrogen-bond donors (Lipinski definition) is 2. The number of anilines is 1. The molecule has 0 aliphatic rings. The zero-order valence-electron chi connectivity index (χ0n) is 17.8. The third-order valence-corrected chi connectivity index (χ3v) is 6.83. The van der Waals surface area contributed by atoms with Gasteiger partial charge in [-0.2, -0.15) is 0 Å². The molecule has 2 N–H and O–H groups in total. The third-order valence-electron chi connectivity index (χ3n) is 4.77. The largest absolute Gasteiger partial charge is 0.484 e. The molecular formula is C22H29BrN2O4S. The molecule has 164 valence electrons. The number of nitrogens with one attached hydrogen (secondary N) is 2. The molecule has 1 atom stereocenters. The molecule has 0 fully saturated rings. The summed E-state index contributed by atoms with van der Waals surface area (Å²) >= 11 is 3.51. The van der Waals surface area contributed by atoms with E-state index in [9.17, 15) is 13.2 Å². The van der Waals surface area contributed by atoms with E-state index in [0.29, 0.717) is 12.2 Å². The molecule has 30 heavy (non-hydrogen) atoms. The lowest BCUT2D eigenvalue weighted by molar-refractivity contribution is -0.118. The van der Waals surface area contributed by atoms with E-state index >= 15 is 0 Å². The van der Waals surface area contributed by atoms with Crippen molar-refractivity contribution in [1.29, 1.82) is 0 Å². The van der Waals surface area contributed by atoms with Gasteiger partial charge in [0, 0.05) is 16.2 Å².